The van der Waals surface area contributed by atoms with Crippen LogP contribution in [0.5, 0.6) is 0 Å². The Balaban J connectivity index is 1.78. The molecule has 0 aromatic heterocycles. The summed E-state index contributed by atoms with van der Waals surface area (Å²) in [5, 5.41) is 3.39. The summed E-state index contributed by atoms with van der Waals surface area (Å²) in [7, 11) is 0. The van der Waals surface area contributed by atoms with Crippen LogP contribution in [0.1, 0.15) is 36.9 Å². The van der Waals surface area contributed by atoms with Crippen LogP contribution in [0.15, 0.2) is 48.5 Å². The van der Waals surface area contributed by atoms with Crippen molar-refractivity contribution in [3.63, 3.8) is 0 Å². The molecule has 1 aliphatic rings. The normalized spacial score (nSPS) is 17.2. The minimum Gasteiger partial charge on any atom is -0.314 e. The maximum atomic E-state index is 12.7. The van der Waals surface area contributed by atoms with Gasteiger partial charge in [-0.2, -0.15) is 13.2 Å². The van der Waals surface area contributed by atoms with Gasteiger partial charge < -0.3 is 5.32 Å². The summed E-state index contributed by atoms with van der Waals surface area (Å²) in [4.78, 5) is 2.52. The second-order valence-corrected chi connectivity index (χ2v) is 6.79. The molecule has 1 heterocycles. The molecule has 1 fully saturated rings. The summed E-state index contributed by atoms with van der Waals surface area (Å²) >= 11 is 0. The maximum Gasteiger partial charge on any atom is 0.416 e. The number of halogens is 3. The van der Waals surface area contributed by atoms with Gasteiger partial charge in [-0.05, 0) is 35.2 Å². The number of hydrogen-bond acceptors (Lipinski definition) is 2. The van der Waals surface area contributed by atoms with Crippen LogP contribution in [0.4, 0.5) is 13.2 Å². The predicted octanol–water partition coefficient (Wildman–Crippen LogP) is 5.12. The van der Waals surface area contributed by atoms with Gasteiger partial charge in [-0.15, -0.1) is 0 Å². The molecule has 0 amide bonds. The van der Waals surface area contributed by atoms with E-state index < -0.39 is 11.7 Å². The fourth-order valence-electron chi connectivity index (χ4n) is 3.58. The van der Waals surface area contributed by atoms with Gasteiger partial charge in [0, 0.05) is 32.2 Å². The van der Waals surface area contributed by atoms with E-state index in [1.807, 2.05) is 12.1 Å². The zero-order valence-electron chi connectivity index (χ0n) is 15.0. The summed E-state index contributed by atoms with van der Waals surface area (Å²) < 4.78 is 38.1. The molecule has 0 radical (unpaired) electrons. The van der Waals surface area contributed by atoms with Crippen LogP contribution in [0.2, 0.25) is 0 Å². The molecule has 1 saturated heterocycles. The highest BCUT2D eigenvalue weighted by Gasteiger charge is 2.30. The first-order chi connectivity index (χ1) is 12.5. The Morgan fingerprint density at radius 3 is 1.96 bits per heavy atom. The molecule has 0 unspecified atom stereocenters. The maximum absolute atomic E-state index is 12.7. The van der Waals surface area contributed by atoms with Gasteiger partial charge in [-0.3, -0.25) is 4.90 Å². The highest BCUT2D eigenvalue weighted by molar-refractivity contribution is 5.64. The third-order valence-corrected chi connectivity index (χ3v) is 5.00. The third kappa shape index (κ3) is 4.46. The Hall–Kier alpha value is -1.85. The first kappa shape index (κ1) is 18.9. The molecular formula is C21H25F3N2. The lowest BCUT2D eigenvalue weighted by Gasteiger charge is -2.35. The van der Waals surface area contributed by atoms with Gasteiger partial charge in [0.2, 0.25) is 0 Å². The van der Waals surface area contributed by atoms with E-state index in [4.69, 9.17) is 0 Å². The molecule has 1 atom stereocenters. The Kier molecular flexibility index (Phi) is 5.99. The summed E-state index contributed by atoms with van der Waals surface area (Å²) in [5.74, 6) is 0. The molecular weight excluding hydrogens is 337 g/mol. The molecule has 3 rings (SSSR count). The van der Waals surface area contributed by atoms with Gasteiger partial charge in [-0.25, -0.2) is 0 Å². The number of rotatable bonds is 5. The average molecular weight is 362 g/mol. The van der Waals surface area contributed by atoms with E-state index in [0.717, 1.165) is 62.3 Å². The number of benzene rings is 2. The van der Waals surface area contributed by atoms with Crippen molar-refractivity contribution in [3.8, 4) is 11.1 Å². The molecule has 1 aliphatic heterocycles. The van der Waals surface area contributed by atoms with E-state index in [9.17, 15) is 13.2 Å². The van der Waals surface area contributed by atoms with Crippen LogP contribution >= 0.6 is 0 Å². The number of alkyl halides is 3. The first-order valence-electron chi connectivity index (χ1n) is 9.21. The van der Waals surface area contributed by atoms with Crippen molar-refractivity contribution in [2.45, 2.75) is 32.0 Å². The molecule has 0 spiro atoms. The lowest BCUT2D eigenvalue weighted by atomic mass is 9.96. The van der Waals surface area contributed by atoms with E-state index in [1.165, 1.54) is 17.7 Å². The highest BCUT2D eigenvalue weighted by atomic mass is 19.4. The Bertz CT molecular complexity index is 687. The van der Waals surface area contributed by atoms with E-state index in [-0.39, 0.29) is 0 Å². The Labute approximate surface area is 153 Å². The van der Waals surface area contributed by atoms with E-state index in [1.54, 1.807) is 0 Å². The van der Waals surface area contributed by atoms with E-state index in [2.05, 4.69) is 29.3 Å². The van der Waals surface area contributed by atoms with Gasteiger partial charge in [0.15, 0.2) is 0 Å². The van der Waals surface area contributed by atoms with Crippen molar-refractivity contribution in [2.75, 3.05) is 26.2 Å². The minimum absolute atomic E-state index is 0.406. The van der Waals surface area contributed by atoms with Crippen LogP contribution in [-0.2, 0) is 6.18 Å². The average Bonchev–Trinajstić information content (AvgIpc) is 2.66. The van der Waals surface area contributed by atoms with Crippen molar-refractivity contribution in [2.24, 2.45) is 0 Å². The van der Waals surface area contributed by atoms with Crippen molar-refractivity contribution < 1.29 is 13.2 Å². The standard InChI is InChI=1S/C21H25F3N2/c1-2-3-20(26-14-12-25-13-15-26)18-6-4-16(5-7-18)17-8-10-19(11-9-17)21(22,23)24/h4-11,20,25H,2-3,12-15H2,1H3/t20-/m1/s1. The molecule has 2 nitrogen and oxygen atoms in total. The third-order valence-electron chi connectivity index (χ3n) is 5.00. The zero-order chi connectivity index (χ0) is 18.6. The number of piperazine rings is 1. The van der Waals surface area contributed by atoms with Crippen molar-refractivity contribution in [1.29, 1.82) is 0 Å². The smallest absolute Gasteiger partial charge is 0.314 e. The predicted molar refractivity (Wildman–Crippen MR) is 99.0 cm³/mol. The van der Waals surface area contributed by atoms with Crippen molar-refractivity contribution in [1.82, 2.24) is 10.2 Å². The lowest BCUT2D eigenvalue weighted by Crippen LogP contribution is -2.45. The SMILES string of the molecule is CCC[C@H](c1ccc(-c2ccc(C(F)(F)F)cc2)cc1)N1CCNCC1. The van der Waals surface area contributed by atoms with Gasteiger partial charge >= 0.3 is 6.18 Å². The number of hydrogen-bond donors (Lipinski definition) is 1. The van der Waals surface area contributed by atoms with Gasteiger partial charge in [0.1, 0.15) is 0 Å². The summed E-state index contributed by atoms with van der Waals surface area (Å²) in [6.45, 7) is 6.33. The molecule has 0 aliphatic carbocycles. The van der Waals surface area contributed by atoms with Gasteiger partial charge in [0.25, 0.3) is 0 Å². The topological polar surface area (TPSA) is 15.3 Å². The van der Waals surface area contributed by atoms with E-state index >= 15 is 0 Å². The molecule has 26 heavy (non-hydrogen) atoms. The highest BCUT2D eigenvalue weighted by Crippen LogP contribution is 2.32. The van der Waals surface area contributed by atoms with Crippen LogP contribution in [0.3, 0.4) is 0 Å². The molecule has 140 valence electrons. The second kappa shape index (κ2) is 8.23. The summed E-state index contributed by atoms with van der Waals surface area (Å²) in [5.41, 5.74) is 2.42. The zero-order valence-corrected chi connectivity index (χ0v) is 15.0. The number of nitrogens with zero attached hydrogens (tertiary/aromatic N) is 1. The second-order valence-electron chi connectivity index (χ2n) is 6.79. The van der Waals surface area contributed by atoms with E-state index in [0.29, 0.717) is 6.04 Å². The molecule has 5 heteroatoms. The first-order valence-corrected chi connectivity index (χ1v) is 9.21. The van der Waals surface area contributed by atoms with Crippen LogP contribution < -0.4 is 5.32 Å². The number of nitrogens with one attached hydrogen (secondary N) is 1. The Morgan fingerprint density at radius 1 is 0.923 bits per heavy atom. The van der Waals surface area contributed by atoms with Gasteiger partial charge in [0.05, 0.1) is 5.56 Å². The van der Waals surface area contributed by atoms with Crippen LogP contribution in [-0.4, -0.2) is 31.1 Å². The van der Waals surface area contributed by atoms with Crippen molar-refractivity contribution in [3.05, 3.63) is 59.7 Å². The fraction of sp³-hybridized carbons (Fsp3) is 0.429. The Morgan fingerprint density at radius 2 is 1.46 bits per heavy atom. The van der Waals surface area contributed by atoms with Crippen molar-refractivity contribution >= 4 is 0 Å². The quantitative estimate of drug-likeness (QED) is 0.794. The summed E-state index contributed by atoms with van der Waals surface area (Å²) in [6.07, 6.45) is -2.06. The van der Waals surface area contributed by atoms with Gasteiger partial charge in [-0.1, -0.05) is 49.7 Å². The van der Waals surface area contributed by atoms with Crippen LogP contribution in [0.25, 0.3) is 11.1 Å². The summed E-state index contributed by atoms with van der Waals surface area (Å²) in [6, 6.07) is 14.0. The van der Waals surface area contributed by atoms with Crippen LogP contribution in [0, 0.1) is 0 Å². The molecule has 1 N–H and O–H groups in total. The molecule has 2 aromatic carbocycles. The molecule has 0 bridgehead atoms. The minimum atomic E-state index is -4.29. The largest absolute Gasteiger partial charge is 0.416 e. The monoisotopic (exact) mass is 362 g/mol. The lowest BCUT2D eigenvalue weighted by molar-refractivity contribution is -0.137. The fourth-order valence-corrected chi connectivity index (χ4v) is 3.58. The molecule has 2 aromatic rings. The molecule has 0 saturated carbocycles.